The normalized spacial score (nSPS) is 10.6. The zero-order chi connectivity index (χ0) is 11.9. The molecule has 0 radical (unpaired) electrons. The Morgan fingerprint density at radius 3 is 2.69 bits per heavy atom. The number of pyridine rings is 1. The Balaban J connectivity index is 2.96. The molecule has 0 amide bonds. The van der Waals surface area contributed by atoms with Crippen LogP contribution in [0, 0.1) is 5.82 Å². The molecule has 0 atom stereocenters. The van der Waals surface area contributed by atoms with Crippen LogP contribution in [0.2, 0.25) is 0 Å². The van der Waals surface area contributed by atoms with Crippen LogP contribution in [0.1, 0.15) is 10.4 Å². The number of aromatic amines is 1. The summed E-state index contributed by atoms with van der Waals surface area (Å²) in [7, 11) is 0. The number of benzene rings is 1. The van der Waals surface area contributed by atoms with E-state index in [0.717, 1.165) is 12.1 Å². The molecule has 2 N–H and O–H groups in total. The average molecular weight is 286 g/mol. The Morgan fingerprint density at radius 2 is 2.06 bits per heavy atom. The van der Waals surface area contributed by atoms with Crippen molar-refractivity contribution in [3.8, 4) is 0 Å². The third kappa shape index (κ3) is 1.71. The lowest BCUT2D eigenvalue weighted by atomic mass is 10.1. The SMILES string of the molecule is O=C(O)c1cc(=O)[nH]c2cc(F)c(Br)cc12. The lowest BCUT2D eigenvalue weighted by molar-refractivity contribution is 0.0699. The molecule has 0 aliphatic heterocycles. The largest absolute Gasteiger partial charge is 0.478 e. The molecule has 2 rings (SSSR count). The number of nitrogens with one attached hydrogen (secondary N) is 1. The highest BCUT2D eigenvalue weighted by Gasteiger charge is 2.12. The highest BCUT2D eigenvalue weighted by atomic mass is 79.9. The van der Waals surface area contributed by atoms with E-state index < -0.39 is 17.3 Å². The first kappa shape index (κ1) is 10.8. The van der Waals surface area contributed by atoms with Gasteiger partial charge in [0.1, 0.15) is 5.82 Å². The van der Waals surface area contributed by atoms with Crippen molar-refractivity contribution in [3.05, 3.63) is 44.4 Å². The minimum atomic E-state index is -1.23. The summed E-state index contributed by atoms with van der Waals surface area (Å²) in [5.41, 5.74) is -0.573. The number of rotatable bonds is 1. The van der Waals surface area contributed by atoms with Crippen LogP contribution in [-0.4, -0.2) is 16.1 Å². The Morgan fingerprint density at radius 1 is 1.38 bits per heavy atom. The number of carbonyl (C=O) groups is 1. The van der Waals surface area contributed by atoms with E-state index in [9.17, 15) is 14.0 Å². The first-order valence-corrected chi connectivity index (χ1v) is 5.03. The van der Waals surface area contributed by atoms with Gasteiger partial charge in [-0.25, -0.2) is 9.18 Å². The topological polar surface area (TPSA) is 70.2 Å². The number of halogens is 2. The third-order valence-corrected chi connectivity index (χ3v) is 2.72. The van der Waals surface area contributed by atoms with Crippen LogP contribution in [-0.2, 0) is 0 Å². The summed E-state index contributed by atoms with van der Waals surface area (Å²) in [6.07, 6.45) is 0. The number of hydrogen-bond acceptors (Lipinski definition) is 2. The molecule has 2 aromatic rings. The van der Waals surface area contributed by atoms with Crippen molar-refractivity contribution in [2.45, 2.75) is 0 Å². The predicted octanol–water partition coefficient (Wildman–Crippen LogP) is 2.13. The maximum absolute atomic E-state index is 13.2. The van der Waals surface area contributed by atoms with Gasteiger partial charge in [0.2, 0.25) is 5.56 Å². The number of H-pyrrole nitrogens is 1. The molecule has 1 heterocycles. The minimum absolute atomic E-state index is 0.148. The fourth-order valence-electron chi connectivity index (χ4n) is 1.43. The van der Waals surface area contributed by atoms with Gasteiger partial charge >= 0.3 is 5.97 Å². The maximum Gasteiger partial charge on any atom is 0.336 e. The molecule has 1 aromatic carbocycles. The third-order valence-electron chi connectivity index (χ3n) is 2.11. The van der Waals surface area contributed by atoms with Crippen molar-refractivity contribution >= 4 is 32.8 Å². The molecular weight excluding hydrogens is 281 g/mol. The number of hydrogen-bond donors (Lipinski definition) is 2. The van der Waals surface area contributed by atoms with E-state index in [4.69, 9.17) is 5.11 Å². The second kappa shape index (κ2) is 3.71. The van der Waals surface area contributed by atoms with Crippen LogP contribution in [0.3, 0.4) is 0 Å². The Hall–Kier alpha value is -1.69. The second-order valence-electron chi connectivity index (χ2n) is 3.16. The molecule has 1 aromatic heterocycles. The molecule has 0 spiro atoms. The molecule has 6 heteroatoms. The standard InChI is InChI=1S/C10H5BrFNO3/c11-6-1-4-5(10(15)16)2-9(14)13-8(4)3-7(6)12/h1-3H,(H,13,14)(H,15,16). The van der Waals surface area contributed by atoms with Gasteiger partial charge in [-0.15, -0.1) is 0 Å². The first-order valence-electron chi connectivity index (χ1n) is 4.24. The highest BCUT2D eigenvalue weighted by Crippen LogP contribution is 2.23. The lowest BCUT2D eigenvalue weighted by Gasteiger charge is -2.03. The van der Waals surface area contributed by atoms with E-state index in [0.29, 0.717) is 0 Å². The maximum atomic E-state index is 13.2. The van der Waals surface area contributed by atoms with Gasteiger partial charge in [0.15, 0.2) is 0 Å². The number of carboxylic acids is 1. The van der Waals surface area contributed by atoms with Crippen LogP contribution in [0.25, 0.3) is 10.9 Å². The average Bonchev–Trinajstić information content (AvgIpc) is 2.19. The summed E-state index contributed by atoms with van der Waals surface area (Å²) < 4.78 is 13.3. The zero-order valence-electron chi connectivity index (χ0n) is 7.75. The van der Waals surface area contributed by atoms with Crippen LogP contribution < -0.4 is 5.56 Å². The molecule has 0 bridgehead atoms. The van der Waals surface area contributed by atoms with Crippen molar-refractivity contribution in [2.24, 2.45) is 0 Å². The Kier molecular flexibility index (Phi) is 2.51. The molecule has 82 valence electrons. The fraction of sp³-hybridized carbons (Fsp3) is 0. The van der Waals surface area contributed by atoms with E-state index in [-0.39, 0.29) is 20.9 Å². The van der Waals surface area contributed by atoms with E-state index >= 15 is 0 Å². The number of aromatic nitrogens is 1. The van der Waals surface area contributed by atoms with E-state index in [1.54, 1.807) is 0 Å². The van der Waals surface area contributed by atoms with Crippen LogP contribution in [0.15, 0.2) is 27.5 Å². The smallest absolute Gasteiger partial charge is 0.336 e. The molecule has 0 fully saturated rings. The quantitative estimate of drug-likeness (QED) is 0.843. The first-order chi connectivity index (χ1) is 7.49. The number of carboxylic acid groups (broad SMARTS) is 1. The molecule has 0 saturated carbocycles. The second-order valence-corrected chi connectivity index (χ2v) is 4.02. The van der Waals surface area contributed by atoms with Gasteiger partial charge in [-0.1, -0.05) is 0 Å². The lowest BCUT2D eigenvalue weighted by Crippen LogP contribution is -2.10. The highest BCUT2D eigenvalue weighted by molar-refractivity contribution is 9.10. The summed E-state index contributed by atoms with van der Waals surface area (Å²) >= 11 is 2.96. The van der Waals surface area contributed by atoms with Crippen molar-refractivity contribution in [3.63, 3.8) is 0 Å². The molecule has 16 heavy (non-hydrogen) atoms. The van der Waals surface area contributed by atoms with Crippen molar-refractivity contribution in [1.29, 1.82) is 0 Å². The number of aromatic carboxylic acids is 1. The van der Waals surface area contributed by atoms with Crippen LogP contribution in [0.4, 0.5) is 4.39 Å². The Bertz CT molecular complexity index is 650. The molecule has 0 aliphatic carbocycles. The van der Waals surface area contributed by atoms with Gasteiger partial charge in [0.25, 0.3) is 0 Å². The van der Waals surface area contributed by atoms with Gasteiger partial charge in [-0.2, -0.15) is 0 Å². The van der Waals surface area contributed by atoms with Crippen molar-refractivity contribution in [2.75, 3.05) is 0 Å². The molecule has 4 nitrogen and oxygen atoms in total. The van der Waals surface area contributed by atoms with Crippen molar-refractivity contribution < 1.29 is 14.3 Å². The van der Waals surface area contributed by atoms with Crippen LogP contribution >= 0.6 is 15.9 Å². The van der Waals surface area contributed by atoms with E-state index in [1.807, 2.05) is 0 Å². The summed E-state index contributed by atoms with van der Waals surface area (Å²) in [4.78, 5) is 24.4. The van der Waals surface area contributed by atoms with Gasteiger partial charge in [-0.05, 0) is 28.1 Å². The Labute approximate surface area is 96.8 Å². The summed E-state index contributed by atoms with van der Waals surface area (Å²) in [5, 5.41) is 9.18. The predicted molar refractivity (Wildman–Crippen MR) is 59.2 cm³/mol. The molecule has 0 aliphatic rings. The fourth-order valence-corrected chi connectivity index (χ4v) is 1.77. The monoisotopic (exact) mass is 285 g/mol. The van der Waals surface area contributed by atoms with E-state index in [1.165, 1.54) is 6.07 Å². The van der Waals surface area contributed by atoms with E-state index in [2.05, 4.69) is 20.9 Å². The molecule has 0 saturated heterocycles. The number of fused-ring (bicyclic) bond motifs is 1. The van der Waals surface area contributed by atoms with Crippen LogP contribution in [0.5, 0.6) is 0 Å². The minimum Gasteiger partial charge on any atom is -0.478 e. The molecular formula is C10H5BrFNO3. The van der Waals surface area contributed by atoms with Gasteiger partial charge in [0, 0.05) is 11.5 Å². The molecule has 0 unspecified atom stereocenters. The summed E-state index contributed by atoms with van der Waals surface area (Å²) in [5.74, 6) is -1.79. The van der Waals surface area contributed by atoms with Crippen molar-refractivity contribution in [1.82, 2.24) is 4.98 Å². The van der Waals surface area contributed by atoms with Gasteiger partial charge < -0.3 is 10.1 Å². The summed E-state index contributed by atoms with van der Waals surface area (Å²) in [6, 6.07) is 3.37. The van der Waals surface area contributed by atoms with Gasteiger partial charge in [0.05, 0.1) is 15.6 Å². The zero-order valence-corrected chi connectivity index (χ0v) is 9.34. The summed E-state index contributed by atoms with van der Waals surface area (Å²) in [6.45, 7) is 0. The van der Waals surface area contributed by atoms with Gasteiger partial charge in [-0.3, -0.25) is 4.79 Å².